The molecule has 1 heterocycles. The number of carbonyl (C=O) groups is 2. The number of nitriles is 1. The predicted octanol–water partition coefficient (Wildman–Crippen LogP) is 2.35. The van der Waals surface area contributed by atoms with Gasteiger partial charge in [-0.3, -0.25) is 4.79 Å². The lowest BCUT2D eigenvalue weighted by molar-refractivity contribution is -0.119. The van der Waals surface area contributed by atoms with Crippen molar-refractivity contribution in [1.29, 1.82) is 5.26 Å². The van der Waals surface area contributed by atoms with Crippen LogP contribution in [0.4, 0.5) is 5.69 Å². The van der Waals surface area contributed by atoms with Gasteiger partial charge in [-0.15, -0.1) is 0 Å². The van der Waals surface area contributed by atoms with E-state index in [2.05, 4.69) is 10.3 Å². The molecule has 0 bridgehead atoms. The van der Waals surface area contributed by atoms with Gasteiger partial charge >= 0.3 is 5.97 Å². The summed E-state index contributed by atoms with van der Waals surface area (Å²) in [6.07, 6.45) is -0.719. The molecule has 7 heteroatoms. The number of aliphatic hydroxyl groups is 1. The fourth-order valence-electron chi connectivity index (χ4n) is 2.67. The van der Waals surface area contributed by atoms with Gasteiger partial charge in [-0.05, 0) is 38.5 Å². The smallest absolute Gasteiger partial charge is 0.355 e. The number of esters is 1. The van der Waals surface area contributed by atoms with E-state index in [1.54, 1.807) is 45.0 Å². The first-order chi connectivity index (χ1) is 11.8. The van der Waals surface area contributed by atoms with E-state index in [-0.39, 0.29) is 5.69 Å². The molecule has 0 aliphatic heterocycles. The average Bonchev–Trinajstić information content (AvgIpc) is 2.87. The third kappa shape index (κ3) is 4.05. The number of ether oxygens (including phenoxy) is 1. The Morgan fingerprint density at radius 1 is 1.36 bits per heavy atom. The lowest BCUT2D eigenvalue weighted by atomic mass is 10.1. The van der Waals surface area contributed by atoms with Crippen LogP contribution in [0.1, 0.15) is 45.9 Å². The molecule has 0 saturated carbocycles. The van der Waals surface area contributed by atoms with E-state index in [9.17, 15) is 14.7 Å². The minimum Gasteiger partial charge on any atom is -0.451 e. The fourth-order valence-corrected chi connectivity index (χ4v) is 2.67. The molecule has 0 unspecified atom stereocenters. The van der Waals surface area contributed by atoms with Crippen LogP contribution in [-0.2, 0) is 9.53 Å². The van der Waals surface area contributed by atoms with Crippen LogP contribution in [0.2, 0.25) is 0 Å². The second-order valence-corrected chi connectivity index (χ2v) is 5.62. The van der Waals surface area contributed by atoms with E-state index in [0.717, 1.165) is 0 Å². The van der Waals surface area contributed by atoms with E-state index < -0.39 is 24.6 Å². The number of anilines is 1. The Morgan fingerprint density at radius 2 is 2.04 bits per heavy atom. The predicted molar refractivity (Wildman–Crippen MR) is 91.0 cm³/mol. The molecular weight excluding hydrogens is 322 g/mol. The molecule has 3 N–H and O–H groups in total. The van der Waals surface area contributed by atoms with Gasteiger partial charge in [0.25, 0.3) is 5.91 Å². The highest BCUT2D eigenvalue weighted by Gasteiger charge is 2.21. The number of benzene rings is 1. The van der Waals surface area contributed by atoms with Gasteiger partial charge in [0.1, 0.15) is 11.8 Å². The number of hydrogen-bond donors (Lipinski definition) is 3. The Hall–Kier alpha value is -3.11. The minimum absolute atomic E-state index is 0.207. The minimum atomic E-state index is -0.719. The lowest BCUT2D eigenvalue weighted by Crippen LogP contribution is -2.21. The first kappa shape index (κ1) is 18.2. The molecule has 0 aliphatic rings. The van der Waals surface area contributed by atoms with Crippen molar-refractivity contribution in [3.8, 4) is 6.07 Å². The molecule has 0 aliphatic carbocycles. The van der Waals surface area contributed by atoms with Crippen molar-refractivity contribution >= 4 is 17.6 Å². The summed E-state index contributed by atoms with van der Waals surface area (Å²) >= 11 is 0. The van der Waals surface area contributed by atoms with Crippen LogP contribution < -0.4 is 5.32 Å². The molecule has 1 aromatic heterocycles. The number of aromatic nitrogens is 1. The summed E-state index contributed by atoms with van der Waals surface area (Å²) in [5.41, 5.74) is 2.78. The molecule has 1 atom stereocenters. The number of aromatic amines is 1. The van der Waals surface area contributed by atoms with Crippen LogP contribution >= 0.6 is 0 Å². The molecule has 2 aromatic rings. The van der Waals surface area contributed by atoms with Crippen molar-refractivity contribution in [3.05, 3.63) is 52.3 Å². The molecule has 1 amide bonds. The van der Waals surface area contributed by atoms with Gasteiger partial charge in [0.15, 0.2) is 6.61 Å². The van der Waals surface area contributed by atoms with Crippen LogP contribution in [0.5, 0.6) is 0 Å². The molecule has 7 nitrogen and oxygen atoms in total. The van der Waals surface area contributed by atoms with Crippen molar-refractivity contribution in [2.75, 3.05) is 11.9 Å². The number of nitrogens with one attached hydrogen (secondary N) is 2. The van der Waals surface area contributed by atoms with E-state index in [1.165, 1.54) is 0 Å². The summed E-state index contributed by atoms with van der Waals surface area (Å²) in [4.78, 5) is 27.0. The normalized spacial score (nSPS) is 11.5. The Labute approximate surface area is 145 Å². The summed E-state index contributed by atoms with van der Waals surface area (Å²) in [5, 5.41) is 21.3. The van der Waals surface area contributed by atoms with Gasteiger partial charge in [0.05, 0.1) is 17.4 Å². The second-order valence-electron chi connectivity index (χ2n) is 5.62. The van der Waals surface area contributed by atoms with E-state index in [4.69, 9.17) is 10.00 Å². The topological polar surface area (TPSA) is 115 Å². The zero-order valence-corrected chi connectivity index (χ0v) is 14.2. The number of H-pyrrole nitrogens is 1. The molecule has 0 saturated heterocycles. The average molecular weight is 341 g/mol. The summed E-state index contributed by atoms with van der Waals surface area (Å²) in [6.45, 7) is 4.57. The summed E-state index contributed by atoms with van der Waals surface area (Å²) in [6, 6.07) is 8.50. The maximum atomic E-state index is 12.2. The Kier molecular flexibility index (Phi) is 5.57. The van der Waals surface area contributed by atoms with Gasteiger partial charge in [-0.1, -0.05) is 12.1 Å². The van der Waals surface area contributed by atoms with E-state index in [0.29, 0.717) is 28.1 Å². The van der Waals surface area contributed by atoms with Crippen LogP contribution in [0.15, 0.2) is 24.3 Å². The van der Waals surface area contributed by atoms with Crippen molar-refractivity contribution < 1.29 is 19.4 Å². The number of hydrogen-bond acceptors (Lipinski definition) is 5. The van der Waals surface area contributed by atoms with Gasteiger partial charge in [-0.25, -0.2) is 4.79 Å². The highest BCUT2D eigenvalue weighted by atomic mass is 16.5. The highest BCUT2D eigenvalue weighted by Crippen LogP contribution is 2.24. The maximum Gasteiger partial charge on any atom is 0.355 e. The van der Waals surface area contributed by atoms with Crippen molar-refractivity contribution in [2.24, 2.45) is 0 Å². The lowest BCUT2D eigenvalue weighted by Gasteiger charge is -2.08. The molecule has 0 spiro atoms. The third-order valence-corrected chi connectivity index (χ3v) is 3.77. The number of para-hydroxylation sites is 1. The Morgan fingerprint density at radius 3 is 2.64 bits per heavy atom. The first-order valence-electron chi connectivity index (χ1n) is 7.68. The van der Waals surface area contributed by atoms with Crippen LogP contribution in [0.3, 0.4) is 0 Å². The number of rotatable bonds is 5. The number of amides is 1. The van der Waals surface area contributed by atoms with E-state index >= 15 is 0 Å². The molecule has 0 fully saturated rings. The summed E-state index contributed by atoms with van der Waals surface area (Å²) < 4.78 is 5.02. The summed E-state index contributed by atoms with van der Waals surface area (Å²) in [7, 11) is 0. The second kappa shape index (κ2) is 7.64. The third-order valence-electron chi connectivity index (χ3n) is 3.77. The SMILES string of the molecule is Cc1[nH]c(C(=O)OCC(=O)Nc2ccccc2C#N)c(C)c1[C@H](C)O. The zero-order valence-electron chi connectivity index (χ0n) is 14.2. The maximum absolute atomic E-state index is 12.2. The van der Waals surface area contributed by atoms with Gasteiger partial charge in [0.2, 0.25) is 0 Å². The molecule has 25 heavy (non-hydrogen) atoms. The highest BCUT2D eigenvalue weighted by molar-refractivity contribution is 5.96. The van der Waals surface area contributed by atoms with Crippen molar-refractivity contribution in [3.63, 3.8) is 0 Å². The number of aliphatic hydroxyl groups excluding tert-OH is 1. The summed E-state index contributed by atoms with van der Waals surface area (Å²) in [5.74, 6) is -1.23. The Balaban J connectivity index is 2.02. The zero-order chi connectivity index (χ0) is 18.6. The molecule has 1 aromatic carbocycles. The number of nitrogens with zero attached hydrogens (tertiary/aromatic N) is 1. The molecule has 130 valence electrons. The largest absolute Gasteiger partial charge is 0.451 e. The van der Waals surface area contributed by atoms with Crippen LogP contribution in [0.25, 0.3) is 0 Å². The number of aryl methyl sites for hydroxylation is 1. The number of carbonyl (C=O) groups excluding carboxylic acids is 2. The Bertz CT molecular complexity index is 846. The van der Waals surface area contributed by atoms with Gasteiger partial charge in [0, 0.05) is 11.3 Å². The molecule has 0 radical (unpaired) electrons. The fraction of sp³-hybridized carbons (Fsp3) is 0.278. The molecular formula is C18H19N3O4. The standard InChI is InChI=1S/C18H19N3O4/c1-10-16(12(3)22)11(2)20-17(10)18(24)25-9-15(23)21-14-7-5-4-6-13(14)8-19/h4-7,12,20,22H,9H2,1-3H3,(H,21,23)/t12-/m0/s1. The quantitative estimate of drug-likeness (QED) is 0.722. The molecule has 2 rings (SSSR count). The van der Waals surface area contributed by atoms with Crippen molar-refractivity contribution in [2.45, 2.75) is 26.9 Å². The van der Waals surface area contributed by atoms with Crippen LogP contribution in [-0.4, -0.2) is 28.6 Å². The monoisotopic (exact) mass is 341 g/mol. The van der Waals surface area contributed by atoms with Gasteiger partial charge < -0.3 is 20.1 Å². The van der Waals surface area contributed by atoms with Gasteiger partial charge in [-0.2, -0.15) is 5.26 Å². The van der Waals surface area contributed by atoms with Crippen molar-refractivity contribution in [1.82, 2.24) is 4.98 Å². The van der Waals surface area contributed by atoms with E-state index in [1.807, 2.05) is 6.07 Å². The van der Waals surface area contributed by atoms with Crippen LogP contribution in [0, 0.1) is 25.2 Å². The first-order valence-corrected chi connectivity index (χ1v) is 7.68.